The topological polar surface area (TPSA) is 80.5 Å². The lowest BCUT2D eigenvalue weighted by Crippen LogP contribution is -2.40. The highest BCUT2D eigenvalue weighted by Crippen LogP contribution is 2.28. The fourth-order valence-corrected chi connectivity index (χ4v) is 4.06. The number of amides is 1. The summed E-state index contributed by atoms with van der Waals surface area (Å²) in [4.78, 5) is 19.6. The van der Waals surface area contributed by atoms with Gasteiger partial charge in [0.1, 0.15) is 5.75 Å². The molecule has 4 rings (SSSR count). The van der Waals surface area contributed by atoms with Crippen molar-refractivity contribution in [2.75, 3.05) is 18.4 Å². The van der Waals surface area contributed by atoms with E-state index in [2.05, 4.69) is 20.4 Å². The van der Waals surface area contributed by atoms with Gasteiger partial charge in [0.25, 0.3) is 0 Å². The van der Waals surface area contributed by atoms with E-state index in [-0.39, 0.29) is 17.9 Å². The van der Waals surface area contributed by atoms with Crippen LogP contribution in [0.4, 0.5) is 5.69 Å². The van der Waals surface area contributed by atoms with Gasteiger partial charge in [0.15, 0.2) is 0 Å². The first kappa shape index (κ1) is 22.3. The Morgan fingerprint density at radius 1 is 1.25 bits per heavy atom. The van der Waals surface area contributed by atoms with Crippen LogP contribution in [0.1, 0.15) is 32.6 Å². The zero-order valence-corrected chi connectivity index (χ0v) is 19.0. The lowest BCUT2D eigenvalue weighted by Gasteiger charge is -2.31. The van der Waals surface area contributed by atoms with E-state index in [0.29, 0.717) is 41.3 Å². The van der Waals surface area contributed by atoms with Gasteiger partial charge in [-0.15, -0.1) is 0 Å². The lowest BCUT2D eigenvalue weighted by atomic mass is 9.97. The van der Waals surface area contributed by atoms with Gasteiger partial charge in [0.2, 0.25) is 17.6 Å². The first-order chi connectivity index (χ1) is 15.5. The number of carbonyl (C=O) groups is 1. The molecule has 1 saturated heterocycles. The van der Waals surface area contributed by atoms with Crippen molar-refractivity contribution in [3.63, 3.8) is 0 Å². The van der Waals surface area contributed by atoms with Gasteiger partial charge >= 0.3 is 0 Å². The number of rotatable bonds is 7. The molecule has 168 valence electrons. The standard InChI is InChI=1S/C24H27ClN4O3/c1-16(2)31-21-12-6-5-11-20(21)26-24(30)17-8-7-13-29(14-17)15-22-27-23(28-32-22)18-9-3-4-10-19(18)25/h3-6,9-12,16-17H,7-8,13-15H2,1-2H3,(H,26,30). The van der Waals surface area contributed by atoms with Crippen molar-refractivity contribution in [3.05, 3.63) is 59.4 Å². The Bertz CT molecular complexity index is 1070. The Morgan fingerprint density at radius 3 is 2.84 bits per heavy atom. The Balaban J connectivity index is 1.38. The molecule has 1 aliphatic rings. The monoisotopic (exact) mass is 454 g/mol. The number of anilines is 1. The molecular weight excluding hydrogens is 428 g/mol. The summed E-state index contributed by atoms with van der Waals surface area (Å²) in [6.45, 7) is 5.93. The minimum Gasteiger partial charge on any atom is -0.489 e. The molecule has 2 heterocycles. The summed E-state index contributed by atoms with van der Waals surface area (Å²) < 4.78 is 11.3. The molecule has 1 aromatic heterocycles. The van der Waals surface area contributed by atoms with E-state index >= 15 is 0 Å². The van der Waals surface area contributed by atoms with Crippen LogP contribution in [0, 0.1) is 5.92 Å². The first-order valence-corrected chi connectivity index (χ1v) is 11.2. The lowest BCUT2D eigenvalue weighted by molar-refractivity contribution is -0.121. The summed E-state index contributed by atoms with van der Waals surface area (Å²) in [5.74, 6) is 1.54. The number of para-hydroxylation sites is 2. The van der Waals surface area contributed by atoms with Crippen molar-refractivity contribution < 1.29 is 14.1 Å². The maximum absolute atomic E-state index is 13.0. The van der Waals surface area contributed by atoms with Gasteiger partial charge in [0, 0.05) is 12.1 Å². The maximum Gasteiger partial charge on any atom is 0.241 e. The van der Waals surface area contributed by atoms with Crippen LogP contribution in [0.5, 0.6) is 5.75 Å². The van der Waals surface area contributed by atoms with Crippen molar-refractivity contribution in [1.82, 2.24) is 15.0 Å². The summed E-state index contributed by atoms with van der Waals surface area (Å²) in [7, 11) is 0. The normalized spacial score (nSPS) is 16.8. The zero-order chi connectivity index (χ0) is 22.5. The Morgan fingerprint density at radius 2 is 2.03 bits per heavy atom. The van der Waals surface area contributed by atoms with Crippen molar-refractivity contribution >= 4 is 23.2 Å². The fourth-order valence-electron chi connectivity index (χ4n) is 3.84. The van der Waals surface area contributed by atoms with Gasteiger partial charge in [-0.1, -0.05) is 41.0 Å². The second-order valence-corrected chi connectivity index (χ2v) is 8.63. The number of carbonyl (C=O) groups excluding carboxylic acids is 1. The Hall–Kier alpha value is -2.90. The smallest absolute Gasteiger partial charge is 0.241 e. The number of hydrogen-bond acceptors (Lipinski definition) is 6. The summed E-state index contributed by atoms with van der Waals surface area (Å²) >= 11 is 6.23. The highest BCUT2D eigenvalue weighted by atomic mass is 35.5. The molecule has 8 heteroatoms. The summed E-state index contributed by atoms with van der Waals surface area (Å²) in [5.41, 5.74) is 1.44. The molecule has 1 aliphatic heterocycles. The van der Waals surface area contributed by atoms with E-state index in [0.717, 1.165) is 24.9 Å². The molecule has 2 aromatic carbocycles. The van der Waals surface area contributed by atoms with E-state index in [1.54, 1.807) is 6.07 Å². The number of halogens is 1. The average Bonchev–Trinajstić information content (AvgIpc) is 3.23. The molecule has 0 saturated carbocycles. The Labute approximate surface area is 192 Å². The SMILES string of the molecule is CC(C)Oc1ccccc1NC(=O)C1CCCN(Cc2nc(-c3ccccc3Cl)no2)C1. The van der Waals surface area contributed by atoms with Crippen molar-refractivity contribution in [2.45, 2.75) is 39.3 Å². The largest absolute Gasteiger partial charge is 0.489 e. The molecule has 0 spiro atoms. The van der Waals surface area contributed by atoms with Crippen molar-refractivity contribution in [3.8, 4) is 17.1 Å². The minimum absolute atomic E-state index is 0.00297. The third kappa shape index (κ3) is 5.47. The number of ether oxygens (including phenoxy) is 1. The number of nitrogens with one attached hydrogen (secondary N) is 1. The number of nitrogens with zero attached hydrogens (tertiary/aromatic N) is 3. The Kier molecular flexibility index (Phi) is 7.07. The van der Waals surface area contributed by atoms with Crippen LogP contribution >= 0.6 is 11.6 Å². The van der Waals surface area contributed by atoms with Crippen LogP contribution in [0.25, 0.3) is 11.4 Å². The third-order valence-electron chi connectivity index (χ3n) is 5.33. The molecule has 7 nitrogen and oxygen atoms in total. The highest BCUT2D eigenvalue weighted by molar-refractivity contribution is 6.33. The molecule has 1 fully saturated rings. The molecule has 0 bridgehead atoms. The molecule has 0 aliphatic carbocycles. The molecular formula is C24H27ClN4O3. The van der Waals surface area contributed by atoms with E-state index in [9.17, 15) is 4.79 Å². The molecule has 1 amide bonds. The van der Waals surface area contributed by atoms with Crippen LogP contribution in [-0.4, -0.2) is 40.1 Å². The molecule has 1 unspecified atom stereocenters. The number of piperidine rings is 1. The zero-order valence-electron chi connectivity index (χ0n) is 18.3. The van der Waals surface area contributed by atoms with Gasteiger partial charge in [0.05, 0.1) is 29.3 Å². The van der Waals surface area contributed by atoms with Crippen LogP contribution in [0.3, 0.4) is 0 Å². The third-order valence-corrected chi connectivity index (χ3v) is 5.66. The quantitative estimate of drug-likeness (QED) is 0.539. The number of hydrogen-bond donors (Lipinski definition) is 1. The fraction of sp³-hybridized carbons (Fsp3) is 0.375. The predicted molar refractivity (Wildman–Crippen MR) is 124 cm³/mol. The second kappa shape index (κ2) is 10.1. The van der Waals surface area contributed by atoms with E-state index < -0.39 is 0 Å². The maximum atomic E-state index is 13.0. The van der Waals surface area contributed by atoms with E-state index in [1.807, 2.05) is 56.3 Å². The van der Waals surface area contributed by atoms with E-state index in [1.165, 1.54) is 0 Å². The average molecular weight is 455 g/mol. The van der Waals surface area contributed by atoms with Crippen LogP contribution in [-0.2, 0) is 11.3 Å². The van der Waals surface area contributed by atoms with E-state index in [4.69, 9.17) is 20.9 Å². The first-order valence-electron chi connectivity index (χ1n) is 10.9. The van der Waals surface area contributed by atoms with Gasteiger partial charge in [-0.2, -0.15) is 4.98 Å². The van der Waals surface area contributed by atoms with Gasteiger partial charge in [-0.05, 0) is 57.5 Å². The number of likely N-dealkylation sites (tertiary alicyclic amines) is 1. The van der Waals surface area contributed by atoms with Gasteiger partial charge in [-0.3, -0.25) is 9.69 Å². The van der Waals surface area contributed by atoms with Crippen LogP contribution in [0.2, 0.25) is 5.02 Å². The molecule has 1 atom stereocenters. The summed E-state index contributed by atoms with van der Waals surface area (Å²) in [6, 6.07) is 14.9. The van der Waals surface area contributed by atoms with Crippen molar-refractivity contribution in [2.24, 2.45) is 5.92 Å². The van der Waals surface area contributed by atoms with Crippen LogP contribution < -0.4 is 10.1 Å². The summed E-state index contributed by atoms with van der Waals surface area (Å²) in [6.07, 6.45) is 1.79. The number of aromatic nitrogens is 2. The van der Waals surface area contributed by atoms with Gasteiger partial charge < -0.3 is 14.6 Å². The molecule has 32 heavy (non-hydrogen) atoms. The second-order valence-electron chi connectivity index (χ2n) is 8.22. The predicted octanol–water partition coefficient (Wildman–Crippen LogP) is 5.03. The molecule has 3 aromatic rings. The van der Waals surface area contributed by atoms with Gasteiger partial charge in [-0.25, -0.2) is 0 Å². The number of benzene rings is 2. The highest BCUT2D eigenvalue weighted by Gasteiger charge is 2.27. The van der Waals surface area contributed by atoms with Crippen molar-refractivity contribution in [1.29, 1.82) is 0 Å². The molecule has 0 radical (unpaired) electrons. The van der Waals surface area contributed by atoms with Crippen LogP contribution in [0.15, 0.2) is 53.1 Å². The molecule has 1 N–H and O–H groups in total. The minimum atomic E-state index is -0.123. The summed E-state index contributed by atoms with van der Waals surface area (Å²) in [5, 5.41) is 7.69.